The Morgan fingerprint density at radius 1 is 0.710 bits per heavy atom. The number of rotatable bonds is 20. The van der Waals surface area contributed by atoms with Crippen LogP contribution in [0.25, 0.3) is 0 Å². The van der Waals surface area contributed by atoms with Crippen molar-refractivity contribution < 1.29 is 24.8 Å². The van der Waals surface area contributed by atoms with Crippen molar-refractivity contribution in [1.82, 2.24) is 0 Å². The molecule has 5 heteroatoms. The monoisotopic (exact) mass is 442 g/mol. The van der Waals surface area contributed by atoms with Crippen molar-refractivity contribution in [2.45, 2.75) is 134 Å². The fraction of sp³-hybridized carbons (Fsp3) is 0.923. The highest BCUT2D eigenvalue weighted by atomic mass is 16.6. The van der Waals surface area contributed by atoms with Crippen LogP contribution in [0.1, 0.15) is 110 Å². The summed E-state index contributed by atoms with van der Waals surface area (Å²) in [5, 5.41) is 28.9. The molecule has 4 atom stereocenters. The Hall–Kier alpha value is -0.460. The molecule has 0 unspecified atom stereocenters. The lowest BCUT2D eigenvalue weighted by atomic mass is 10.0. The first-order chi connectivity index (χ1) is 15.2. The van der Waals surface area contributed by atoms with Crippen LogP contribution in [-0.4, -0.2) is 59.6 Å². The lowest BCUT2D eigenvalue weighted by Gasteiger charge is -2.35. The van der Waals surface area contributed by atoms with E-state index in [1.807, 2.05) is 0 Å². The summed E-state index contributed by atoms with van der Waals surface area (Å²) in [4.78, 5) is 0. The molecule has 0 aromatic rings. The molecule has 1 rings (SSSR count). The number of hydrogen-bond donors (Lipinski definition) is 3. The molecule has 1 heterocycles. The molecular weight excluding hydrogens is 392 g/mol. The van der Waals surface area contributed by atoms with Gasteiger partial charge in [0.05, 0.1) is 13.2 Å². The van der Waals surface area contributed by atoms with Crippen LogP contribution in [0.2, 0.25) is 0 Å². The van der Waals surface area contributed by atoms with Crippen LogP contribution in [0, 0.1) is 0 Å². The van der Waals surface area contributed by atoms with Gasteiger partial charge in [-0.25, -0.2) is 0 Å². The second-order valence-electron chi connectivity index (χ2n) is 9.11. The van der Waals surface area contributed by atoms with E-state index in [9.17, 15) is 15.3 Å². The van der Waals surface area contributed by atoms with Crippen LogP contribution < -0.4 is 0 Å². The average Bonchev–Trinajstić information content (AvgIpc) is 2.77. The van der Waals surface area contributed by atoms with E-state index in [1.54, 1.807) is 0 Å². The molecule has 1 aliphatic heterocycles. The van der Waals surface area contributed by atoms with Crippen molar-refractivity contribution in [3.63, 3.8) is 0 Å². The molecule has 0 aliphatic carbocycles. The van der Waals surface area contributed by atoms with Crippen molar-refractivity contribution >= 4 is 0 Å². The first-order valence-electron chi connectivity index (χ1n) is 13.0. The van der Waals surface area contributed by atoms with Gasteiger partial charge in [0.25, 0.3) is 0 Å². The van der Waals surface area contributed by atoms with E-state index in [0.717, 1.165) is 6.42 Å². The number of allylic oxidation sites excluding steroid dienone is 2. The normalized spacial score (nSPS) is 24.3. The lowest BCUT2D eigenvalue weighted by Crippen LogP contribution is -2.54. The maximum atomic E-state index is 9.85. The van der Waals surface area contributed by atoms with Crippen LogP contribution >= 0.6 is 0 Å². The minimum Gasteiger partial charge on any atom is -0.388 e. The standard InChI is InChI=1S/C26H50O5/c1-2-3-4-5-6-7-8-9-10-11-12-13-14-15-16-17-18-19-20-30-22-24-26(29)25(28)23(27)21-31-24/h3-4,23-29H,2,5-22H2,1H3/b4-3+/t23-,24+,25+,26+/m0/s1. The summed E-state index contributed by atoms with van der Waals surface area (Å²) in [5.41, 5.74) is 0. The van der Waals surface area contributed by atoms with Gasteiger partial charge >= 0.3 is 0 Å². The van der Waals surface area contributed by atoms with Gasteiger partial charge in [0.1, 0.15) is 24.4 Å². The molecule has 0 aromatic carbocycles. The third-order valence-corrected chi connectivity index (χ3v) is 6.20. The molecule has 0 amide bonds. The topological polar surface area (TPSA) is 79.2 Å². The summed E-state index contributed by atoms with van der Waals surface area (Å²) in [5.74, 6) is 0. The van der Waals surface area contributed by atoms with Gasteiger partial charge in [0.2, 0.25) is 0 Å². The Kier molecular flexibility index (Phi) is 18.6. The zero-order valence-electron chi connectivity index (χ0n) is 20.1. The van der Waals surface area contributed by atoms with Gasteiger partial charge < -0.3 is 24.8 Å². The van der Waals surface area contributed by atoms with Gasteiger partial charge in [0.15, 0.2) is 0 Å². The summed E-state index contributed by atoms with van der Waals surface area (Å²) in [6.45, 7) is 3.16. The molecule has 0 spiro atoms. The highest BCUT2D eigenvalue weighted by molar-refractivity contribution is 4.86. The van der Waals surface area contributed by atoms with Crippen molar-refractivity contribution in [2.24, 2.45) is 0 Å². The van der Waals surface area contributed by atoms with Gasteiger partial charge in [-0.1, -0.05) is 96.1 Å². The van der Waals surface area contributed by atoms with Crippen LogP contribution in [0.4, 0.5) is 0 Å². The molecule has 5 nitrogen and oxygen atoms in total. The van der Waals surface area contributed by atoms with E-state index in [4.69, 9.17) is 9.47 Å². The van der Waals surface area contributed by atoms with E-state index < -0.39 is 24.4 Å². The van der Waals surface area contributed by atoms with Crippen LogP contribution in [0.15, 0.2) is 12.2 Å². The van der Waals surface area contributed by atoms with Gasteiger partial charge in [-0.15, -0.1) is 0 Å². The fourth-order valence-corrected chi connectivity index (χ4v) is 4.09. The maximum absolute atomic E-state index is 9.85. The first kappa shape index (κ1) is 28.6. The predicted octanol–water partition coefficient (Wildman–Crippen LogP) is 5.30. The van der Waals surface area contributed by atoms with E-state index in [1.165, 1.54) is 96.3 Å². The molecule has 184 valence electrons. The van der Waals surface area contributed by atoms with Crippen molar-refractivity contribution in [2.75, 3.05) is 19.8 Å². The number of unbranched alkanes of at least 4 members (excludes halogenated alkanes) is 14. The molecule has 0 saturated carbocycles. The lowest BCUT2D eigenvalue weighted by molar-refractivity contribution is -0.199. The van der Waals surface area contributed by atoms with Crippen LogP contribution in [0.5, 0.6) is 0 Å². The van der Waals surface area contributed by atoms with Crippen LogP contribution in [-0.2, 0) is 9.47 Å². The minimum absolute atomic E-state index is 0.0451. The Labute approximate surface area is 191 Å². The zero-order valence-corrected chi connectivity index (χ0v) is 20.1. The number of aliphatic hydroxyl groups excluding tert-OH is 3. The average molecular weight is 443 g/mol. The first-order valence-corrected chi connectivity index (χ1v) is 13.0. The Bertz CT molecular complexity index is 415. The number of hydrogen-bond acceptors (Lipinski definition) is 5. The quantitative estimate of drug-likeness (QED) is 0.176. The minimum atomic E-state index is -1.15. The Morgan fingerprint density at radius 2 is 1.23 bits per heavy atom. The Balaban J connectivity index is 1.74. The summed E-state index contributed by atoms with van der Waals surface area (Å²) in [7, 11) is 0. The molecule has 1 saturated heterocycles. The molecule has 0 aromatic heterocycles. The predicted molar refractivity (Wildman–Crippen MR) is 127 cm³/mol. The van der Waals surface area contributed by atoms with Crippen molar-refractivity contribution in [3.05, 3.63) is 12.2 Å². The van der Waals surface area contributed by atoms with Crippen molar-refractivity contribution in [1.29, 1.82) is 0 Å². The van der Waals surface area contributed by atoms with E-state index >= 15 is 0 Å². The fourth-order valence-electron chi connectivity index (χ4n) is 4.09. The van der Waals surface area contributed by atoms with Gasteiger partial charge in [0, 0.05) is 6.61 Å². The summed E-state index contributed by atoms with van der Waals surface area (Å²) in [6, 6.07) is 0. The molecular formula is C26H50O5. The van der Waals surface area contributed by atoms with Gasteiger partial charge in [-0.2, -0.15) is 0 Å². The van der Waals surface area contributed by atoms with Gasteiger partial charge in [-0.3, -0.25) is 0 Å². The van der Waals surface area contributed by atoms with E-state index in [0.29, 0.717) is 6.61 Å². The molecule has 1 aliphatic rings. The summed E-state index contributed by atoms with van der Waals surface area (Å²) < 4.78 is 10.9. The summed E-state index contributed by atoms with van der Waals surface area (Å²) in [6.07, 6.45) is 21.9. The molecule has 0 bridgehead atoms. The highest BCUT2D eigenvalue weighted by Crippen LogP contribution is 2.16. The van der Waals surface area contributed by atoms with Crippen LogP contribution in [0.3, 0.4) is 0 Å². The molecule has 0 radical (unpaired) electrons. The second-order valence-corrected chi connectivity index (χ2v) is 9.11. The number of aliphatic hydroxyl groups is 3. The maximum Gasteiger partial charge on any atom is 0.111 e. The third kappa shape index (κ3) is 15.1. The Morgan fingerprint density at radius 3 is 1.77 bits per heavy atom. The molecule has 1 fully saturated rings. The molecule has 3 N–H and O–H groups in total. The third-order valence-electron chi connectivity index (χ3n) is 6.20. The van der Waals surface area contributed by atoms with Crippen molar-refractivity contribution in [3.8, 4) is 0 Å². The van der Waals surface area contributed by atoms with Gasteiger partial charge in [-0.05, 0) is 25.7 Å². The zero-order chi connectivity index (χ0) is 22.6. The smallest absolute Gasteiger partial charge is 0.111 e. The van der Waals surface area contributed by atoms with E-state index in [2.05, 4.69) is 19.1 Å². The largest absolute Gasteiger partial charge is 0.388 e. The van der Waals surface area contributed by atoms with E-state index in [-0.39, 0.29) is 13.2 Å². The number of ether oxygens (including phenoxy) is 2. The highest BCUT2D eigenvalue weighted by Gasteiger charge is 2.37. The SMILES string of the molecule is CC/C=C/CCCCCCCCCCCCCCCCOC[C@H]1OC[C@H](O)[C@@H](O)[C@@H]1O. The molecule has 31 heavy (non-hydrogen) atoms. The summed E-state index contributed by atoms with van der Waals surface area (Å²) >= 11 is 0. The second kappa shape index (κ2) is 20.2.